The second-order valence-corrected chi connectivity index (χ2v) is 6.07. The minimum atomic E-state index is -0.295. The van der Waals surface area contributed by atoms with Crippen LogP contribution < -0.4 is 5.32 Å². The number of rotatable bonds is 5. The van der Waals surface area contributed by atoms with Gasteiger partial charge in [0.25, 0.3) is 11.8 Å². The standard InChI is InChI=1S/C19H16N4O3/c24-17(21-13-7-8-16-20-9-11-22(16)12-13)6-3-10-23-18(25)14-4-1-2-5-15(14)19(23)26/h1-2,4-5,7-9,11-12H,3,6,10H2,(H,21,24). The molecular weight excluding hydrogens is 332 g/mol. The molecule has 7 nitrogen and oxygen atoms in total. The molecular formula is C19H16N4O3. The predicted octanol–water partition coefficient (Wildman–Crippen LogP) is 2.35. The van der Waals surface area contributed by atoms with Crippen molar-refractivity contribution < 1.29 is 14.4 Å². The molecule has 0 aliphatic carbocycles. The molecule has 0 atom stereocenters. The summed E-state index contributed by atoms with van der Waals surface area (Å²) >= 11 is 0. The first-order chi connectivity index (χ1) is 12.6. The maximum atomic E-state index is 12.3. The third kappa shape index (κ3) is 2.83. The van der Waals surface area contributed by atoms with E-state index in [9.17, 15) is 14.4 Å². The fourth-order valence-corrected chi connectivity index (χ4v) is 3.06. The first-order valence-corrected chi connectivity index (χ1v) is 8.31. The number of hydrogen-bond acceptors (Lipinski definition) is 4. The lowest BCUT2D eigenvalue weighted by molar-refractivity contribution is -0.116. The number of hydrogen-bond donors (Lipinski definition) is 1. The Morgan fingerprint density at radius 1 is 1.04 bits per heavy atom. The molecule has 0 bridgehead atoms. The number of imide groups is 1. The van der Waals surface area contributed by atoms with Gasteiger partial charge < -0.3 is 9.72 Å². The Morgan fingerprint density at radius 2 is 1.77 bits per heavy atom. The number of amides is 3. The molecule has 0 spiro atoms. The zero-order chi connectivity index (χ0) is 18.1. The number of benzene rings is 1. The van der Waals surface area contributed by atoms with Crippen molar-refractivity contribution in [1.82, 2.24) is 14.3 Å². The number of anilines is 1. The number of nitrogens with one attached hydrogen (secondary N) is 1. The molecule has 26 heavy (non-hydrogen) atoms. The second kappa shape index (κ2) is 6.44. The van der Waals surface area contributed by atoms with Gasteiger partial charge in [-0.25, -0.2) is 4.98 Å². The van der Waals surface area contributed by atoms with Crippen molar-refractivity contribution in [2.75, 3.05) is 11.9 Å². The largest absolute Gasteiger partial charge is 0.325 e. The Hall–Kier alpha value is -3.48. The molecule has 2 aromatic heterocycles. The van der Waals surface area contributed by atoms with Gasteiger partial charge >= 0.3 is 0 Å². The third-order valence-corrected chi connectivity index (χ3v) is 4.34. The number of imidazole rings is 1. The molecule has 3 heterocycles. The van der Waals surface area contributed by atoms with Crippen LogP contribution in [0.3, 0.4) is 0 Å². The van der Waals surface area contributed by atoms with Gasteiger partial charge in [-0.15, -0.1) is 0 Å². The maximum absolute atomic E-state index is 12.3. The molecule has 0 radical (unpaired) electrons. The first-order valence-electron chi connectivity index (χ1n) is 8.31. The van der Waals surface area contributed by atoms with E-state index in [0.717, 1.165) is 5.65 Å². The van der Waals surface area contributed by atoms with Crippen LogP contribution in [0.2, 0.25) is 0 Å². The summed E-state index contributed by atoms with van der Waals surface area (Å²) in [5, 5.41) is 2.81. The highest BCUT2D eigenvalue weighted by atomic mass is 16.2. The number of carbonyl (C=O) groups excluding carboxylic acids is 3. The van der Waals surface area contributed by atoms with Crippen molar-refractivity contribution in [3.05, 3.63) is 66.1 Å². The lowest BCUT2D eigenvalue weighted by atomic mass is 10.1. The van der Waals surface area contributed by atoms with E-state index in [1.165, 1.54) is 4.90 Å². The van der Waals surface area contributed by atoms with E-state index >= 15 is 0 Å². The maximum Gasteiger partial charge on any atom is 0.261 e. The van der Waals surface area contributed by atoms with E-state index in [2.05, 4.69) is 10.3 Å². The summed E-state index contributed by atoms with van der Waals surface area (Å²) in [5.41, 5.74) is 2.32. The molecule has 0 saturated carbocycles. The van der Waals surface area contributed by atoms with Gasteiger partial charge in [0.1, 0.15) is 5.65 Å². The fourth-order valence-electron chi connectivity index (χ4n) is 3.06. The van der Waals surface area contributed by atoms with Gasteiger partial charge in [0.15, 0.2) is 0 Å². The molecule has 0 fully saturated rings. The quantitative estimate of drug-likeness (QED) is 0.718. The third-order valence-electron chi connectivity index (χ3n) is 4.34. The molecule has 1 N–H and O–H groups in total. The fraction of sp³-hybridized carbons (Fsp3) is 0.158. The minimum Gasteiger partial charge on any atom is -0.325 e. The van der Waals surface area contributed by atoms with E-state index < -0.39 is 0 Å². The van der Waals surface area contributed by atoms with Crippen molar-refractivity contribution >= 4 is 29.1 Å². The van der Waals surface area contributed by atoms with Gasteiger partial charge in [0.2, 0.25) is 5.91 Å². The van der Waals surface area contributed by atoms with E-state index in [0.29, 0.717) is 23.2 Å². The van der Waals surface area contributed by atoms with Crippen LogP contribution in [0.4, 0.5) is 5.69 Å². The number of pyridine rings is 1. The number of aromatic nitrogens is 2. The first kappa shape index (κ1) is 16.0. The van der Waals surface area contributed by atoms with E-state index in [-0.39, 0.29) is 30.7 Å². The predicted molar refractivity (Wildman–Crippen MR) is 94.9 cm³/mol. The van der Waals surface area contributed by atoms with Crippen LogP contribution in [-0.2, 0) is 4.79 Å². The SMILES string of the molecule is O=C(CCCN1C(=O)c2ccccc2C1=O)Nc1ccc2nccn2c1. The van der Waals surface area contributed by atoms with Crippen molar-refractivity contribution in [2.45, 2.75) is 12.8 Å². The van der Waals surface area contributed by atoms with Gasteiger partial charge in [-0.1, -0.05) is 12.1 Å². The van der Waals surface area contributed by atoms with Crippen LogP contribution in [0, 0.1) is 0 Å². The van der Waals surface area contributed by atoms with Crippen molar-refractivity contribution in [2.24, 2.45) is 0 Å². The Kier molecular flexibility index (Phi) is 3.96. The molecule has 4 rings (SSSR count). The van der Waals surface area contributed by atoms with Crippen LogP contribution in [0.15, 0.2) is 55.0 Å². The minimum absolute atomic E-state index is 0.166. The lowest BCUT2D eigenvalue weighted by Gasteiger charge is -2.13. The summed E-state index contributed by atoms with van der Waals surface area (Å²) in [6, 6.07) is 10.4. The van der Waals surface area contributed by atoms with Crippen molar-refractivity contribution in [3.8, 4) is 0 Å². The molecule has 3 amide bonds. The Labute approximate surface area is 149 Å². The van der Waals surface area contributed by atoms with E-state index in [1.54, 1.807) is 48.9 Å². The molecule has 3 aromatic rings. The zero-order valence-corrected chi connectivity index (χ0v) is 13.9. The normalized spacial score (nSPS) is 13.3. The summed E-state index contributed by atoms with van der Waals surface area (Å²) in [7, 11) is 0. The Morgan fingerprint density at radius 3 is 2.50 bits per heavy atom. The van der Waals surface area contributed by atoms with Gasteiger partial charge in [0, 0.05) is 31.6 Å². The highest BCUT2D eigenvalue weighted by Gasteiger charge is 2.34. The molecule has 7 heteroatoms. The average Bonchev–Trinajstić information content (AvgIpc) is 3.20. The highest BCUT2D eigenvalue weighted by molar-refractivity contribution is 6.21. The van der Waals surface area contributed by atoms with Crippen LogP contribution >= 0.6 is 0 Å². The van der Waals surface area contributed by atoms with Gasteiger partial charge in [-0.2, -0.15) is 0 Å². The summed E-state index contributed by atoms with van der Waals surface area (Å²) in [5.74, 6) is -0.755. The van der Waals surface area contributed by atoms with Crippen LogP contribution in [0.5, 0.6) is 0 Å². The summed E-state index contributed by atoms with van der Waals surface area (Å²) in [6.07, 6.45) is 5.89. The summed E-state index contributed by atoms with van der Waals surface area (Å²) in [4.78, 5) is 42.0. The van der Waals surface area contributed by atoms with Crippen LogP contribution in [0.1, 0.15) is 33.6 Å². The molecule has 130 valence electrons. The molecule has 1 aliphatic heterocycles. The van der Waals surface area contributed by atoms with Gasteiger partial charge in [-0.3, -0.25) is 19.3 Å². The molecule has 1 aromatic carbocycles. The van der Waals surface area contributed by atoms with E-state index in [1.807, 2.05) is 10.5 Å². The van der Waals surface area contributed by atoms with Gasteiger partial charge in [0.05, 0.1) is 16.8 Å². The topological polar surface area (TPSA) is 83.8 Å². The number of carbonyl (C=O) groups is 3. The number of fused-ring (bicyclic) bond motifs is 2. The van der Waals surface area contributed by atoms with Crippen LogP contribution in [0.25, 0.3) is 5.65 Å². The monoisotopic (exact) mass is 348 g/mol. The summed E-state index contributed by atoms with van der Waals surface area (Å²) < 4.78 is 1.81. The second-order valence-electron chi connectivity index (χ2n) is 6.07. The molecule has 0 saturated heterocycles. The van der Waals surface area contributed by atoms with Gasteiger partial charge in [-0.05, 0) is 30.7 Å². The van der Waals surface area contributed by atoms with E-state index in [4.69, 9.17) is 0 Å². The molecule has 0 unspecified atom stereocenters. The highest BCUT2D eigenvalue weighted by Crippen LogP contribution is 2.22. The molecule has 1 aliphatic rings. The van der Waals surface area contributed by atoms with Crippen LogP contribution in [-0.4, -0.2) is 38.6 Å². The van der Waals surface area contributed by atoms with Crippen molar-refractivity contribution in [3.63, 3.8) is 0 Å². The van der Waals surface area contributed by atoms with Crippen molar-refractivity contribution in [1.29, 1.82) is 0 Å². The zero-order valence-electron chi connectivity index (χ0n) is 13.9. The lowest BCUT2D eigenvalue weighted by Crippen LogP contribution is -2.31. The smallest absolute Gasteiger partial charge is 0.261 e. The average molecular weight is 348 g/mol. The number of nitrogens with zero attached hydrogens (tertiary/aromatic N) is 3. The Bertz CT molecular complexity index is 989. The summed E-state index contributed by atoms with van der Waals surface area (Å²) in [6.45, 7) is 0.223. The Balaban J connectivity index is 1.33.